The van der Waals surface area contributed by atoms with E-state index in [-0.39, 0.29) is 17.9 Å². The summed E-state index contributed by atoms with van der Waals surface area (Å²) in [5.74, 6) is -2.61. The van der Waals surface area contributed by atoms with Gasteiger partial charge in [0.2, 0.25) is 5.91 Å². The zero-order chi connectivity index (χ0) is 13.0. The number of ether oxygens (including phenoxy) is 1. The summed E-state index contributed by atoms with van der Waals surface area (Å²) in [6.45, 7) is -0.265. The fourth-order valence-electron chi connectivity index (χ4n) is 1.13. The van der Waals surface area contributed by atoms with Gasteiger partial charge in [0.05, 0.1) is 0 Å². The Labute approximate surface area is 96.5 Å². The first-order valence-corrected chi connectivity index (χ1v) is 4.69. The molecule has 6 N–H and O–H groups in total. The largest absolute Gasteiger partial charge is 0.490 e. The zero-order valence-corrected chi connectivity index (χ0v) is 8.85. The average Bonchev–Trinajstić information content (AvgIpc) is 2.24. The maximum atomic E-state index is 13.3. The SMILES string of the molecule is NC(=O)c1c(F)cccc1OCC(N)C(N)=O. The molecule has 0 fully saturated rings. The Kier molecular flexibility index (Phi) is 4.00. The summed E-state index contributed by atoms with van der Waals surface area (Å²) >= 11 is 0. The maximum Gasteiger partial charge on any atom is 0.255 e. The van der Waals surface area contributed by atoms with Crippen molar-refractivity contribution < 1.29 is 18.7 Å². The molecule has 6 nitrogen and oxygen atoms in total. The van der Waals surface area contributed by atoms with E-state index in [1.165, 1.54) is 12.1 Å². The fraction of sp³-hybridized carbons (Fsp3) is 0.200. The molecule has 0 aliphatic heterocycles. The quantitative estimate of drug-likeness (QED) is 0.619. The predicted octanol–water partition coefficient (Wildman–Crippen LogP) is -0.884. The second-order valence-electron chi connectivity index (χ2n) is 3.30. The van der Waals surface area contributed by atoms with Crippen molar-refractivity contribution in [3.05, 3.63) is 29.6 Å². The molecule has 0 aliphatic rings. The number of carbonyl (C=O) groups is 2. The minimum absolute atomic E-state index is 0.0748. The van der Waals surface area contributed by atoms with Crippen LogP contribution in [-0.4, -0.2) is 24.5 Å². The van der Waals surface area contributed by atoms with Crippen LogP contribution < -0.4 is 21.9 Å². The minimum Gasteiger partial charge on any atom is -0.490 e. The van der Waals surface area contributed by atoms with Crippen molar-refractivity contribution in [2.24, 2.45) is 17.2 Å². The van der Waals surface area contributed by atoms with Crippen LogP contribution in [0.2, 0.25) is 0 Å². The third-order valence-corrected chi connectivity index (χ3v) is 2.01. The third kappa shape index (κ3) is 3.15. The molecule has 1 rings (SSSR count). The molecule has 1 aromatic rings. The number of rotatable bonds is 5. The molecule has 0 aromatic heterocycles. The van der Waals surface area contributed by atoms with Crippen molar-refractivity contribution in [1.29, 1.82) is 0 Å². The monoisotopic (exact) mass is 241 g/mol. The highest BCUT2D eigenvalue weighted by Crippen LogP contribution is 2.20. The van der Waals surface area contributed by atoms with E-state index in [4.69, 9.17) is 21.9 Å². The number of hydrogen-bond donors (Lipinski definition) is 3. The molecular formula is C10H12FN3O3. The second kappa shape index (κ2) is 5.26. The lowest BCUT2D eigenvalue weighted by atomic mass is 10.2. The summed E-state index contributed by atoms with van der Waals surface area (Å²) in [5, 5.41) is 0. The van der Waals surface area contributed by atoms with E-state index in [2.05, 4.69) is 0 Å². The summed E-state index contributed by atoms with van der Waals surface area (Å²) in [7, 11) is 0. The molecule has 0 radical (unpaired) electrons. The molecule has 92 valence electrons. The molecule has 1 aromatic carbocycles. The van der Waals surface area contributed by atoms with Gasteiger partial charge in [-0.25, -0.2) is 4.39 Å². The van der Waals surface area contributed by atoms with Gasteiger partial charge in [-0.15, -0.1) is 0 Å². The Hall–Kier alpha value is -2.15. The number of nitrogens with two attached hydrogens (primary N) is 3. The summed E-state index contributed by atoms with van der Waals surface area (Å²) in [6.07, 6.45) is 0. The van der Waals surface area contributed by atoms with Gasteiger partial charge in [0.25, 0.3) is 5.91 Å². The van der Waals surface area contributed by atoms with Gasteiger partial charge in [0, 0.05) is 0 Å². The van der Waals surface area contributed by atoms with E-state index in [9.17, 15) is 14.0 Å². The van der Waals surface area contributed by atoms with Crippen molar-refractivity contribution in [2.75, 3.05) is 6.61 Å². The zero-order valence-electron chi connectivity index (χ0n) is 8.85. The fourth-order valence-corrected chi connectivity index (χ4v) is 1.13. The maximum absolute atomic E-state index is 13.3. The van der Waals surface area contributed by atoms with Gasteiger partial charge in [0.1, 0.15) is 29.8 Å². The smallest absolute Gasteiger partial charge is 0.255 e. The van der Waals surface area contributed by atoms with Gasteiger partial charge in [0.15, 0.2) is 0 Å². The Morgan fingerprint density at radius 2 is 2.00 bits per heavy atom. The molecule has 2 amide bonds. The number of carbonyl (C=O) groups excluding carboxylic acids is 2. The standard InChI is InChI=1S/C10H12FN3O3/c11-5-2-1-3-7(8(5)10(14)16)17-4-6(12)9(13)15/h1-3,6H,4,12H2,(H2,13,15)(H2,14,16). The van der Waals surface area contributed by atoms with Crippen LogP contribution in [0.5, 0.6) is 5.75 Å². The van der Waals surface area contributed by atoms with Crippen LogP contribution in [0.1, 0.15) is 10.4 Å². The third-order valence-electron chi connectivity index (χ3n) is 2.01. The molecule has 17 heavy (non-hydrogen) atoms. The molecule has 0 bridgehead atoms. The number of halogens is 1. The first kappa shape index (κ1) is 12.9. The van der Waals surface area contributed by atoms with Crippen LogP contribution in [0, 0.1) is 5.82 Å². The van der Waals surface area contributed by atoms with Crippen molar-refractivity contribution in [3.63, 3.8) is 0 Å². The highest BCUT2D eigenvalue weighted by atomic mass is 19.1. The van der Waals surface area contributed by atoms with Crippen LogP contribution in [0.15, 0.2) is 18.2 Å². The van der Waals surface area contributed by atoms with Gasteiger partial charge in [-0.3, -0.25) is 9.59 Å². The Balaban J connectivity index is 2.88. The Morgan fingerprint density at radius 3 is 2.53 bits per heavy atom. The molecular weight excluding hydrogens is 229 g/mol. The van der Waals surface area contributed by atoms with Crippen molar-refractivity contribution in [1.82, 2.24) is 0 Å². The molecule has 0 spiro atoms. The van der Waals surface area contributed by atoms with E-state index in [1.54, 1.807) is 0 Å². The van der Waals surface area contributed by atoms with Gasteiger partial charge in [-0.1, -0.05) is 6.07 Å². The first-order chi connectivity index (χ1) is 7.93. The van der Waals surface area contributed by atoms with Crippen LogP contribution in [0.25, 0.3) is 0 Å². The number of benzene rings is 1. The summed E-state index contributed by atoms with van der Waals surface area (Å²) < 4.78 is 18.3. The summed E-state index contributed by atoms with van der Waals surface area (Å²) in [5.41, 5.74) is 14.9. The lowest BCUT2D eigenvalue weighted by Crippen LogP contribution is -2.41. The average molecular weight is 241 g/mol. The van der Waals surface area contributed by atoms with E-state index in [0.717, 1.165) is 6.07 Å². The van der Waals surface area contributed by atoms with E-state index >= 15 is 0 Å². The molecule has 0 saturated carbocycles. The molecule has 0 heterocycles. The van der Waals surface area contributed by atoms with Gasteiger partial charge in [-0.2, -0.15) is 0 Å². The molecule has 0 saturated heterocycles. The Morgan fingerprint density at radius 1 is 1.35 bits per heavy atom. The number of hydrogen-bond acceptors (Lipinski definition) is 4. The van der Waals surface area contributed by atoms with Gasteiger partial charge < -0.3 is 21.9 Å². The summed E-state index contributed by atoms with van der Waals surface area (Å²) in [6, 6.07) is 2.71. The van der Waals surface area contributed by atoms with Gasteiger partial charge in [-0.05, 0) is 12.1 Å². The molecule has 1 unspecified atom stereocenters. The highest BCUT2D eigenvalue weighted by Gasteiger charge is 2.17. The molecule has 1 atom stereocenters. The minimum atomic E-state index is -1.04. The molecule has 0 aliphatic carbocycles. The predicted molar refractivity (Wildman–Crippen MR) is 57.6 cm³/mol. The van der Waals surface area contributed by atoms with Gasteiger partial charge >= 0.3 is 0 Å². The Bertz CT molecular complexity index is 450. The highest BCUT2D eigenvalue weighted by molar-refractivity contribution is 5.95. The lowest BCUT2D eigenvalue weighted by molar-refractivity contribution is -0.119. The summed E-state index contributed by atoms with van der Waals surface area (Å²) in [4.78, 5) is 21.7. The first-order valence-electron chi connectivity index (χ1n) is 4.69. The van der Waals surface area contributed by atoms with Crippen molar-refractivity contribution in [3.8, 4) is 5.75 Å². The van der Waals surface area contributed by atoms with Crippen LogP contribution in [-0.2, 0) is 4.79 Å². The topological polar surface area (TPSA) is 121 Å². The number of amides is 2. The molecule has 7 heteroatoms. The van der Waals surface area contributed by atoms with Crippen LogP contribution in [0.3, 0.4) is 0 Å². The van der Waals surface area contributed by atoms with Crippen LogP contribution in [0.4, 0.5) is 4.39 Å². The van der Waals surface area contributed by atoms with Crippen molar-refractivity contribution >= 4 is 11.8 Å². The van der Waals surface area contributed by atoms with E-state index < -0.39 is 23.7 Å². The van der Waals surface area contributed by atoms with E-state index in [1.807, 2.05) is 0 Å². The van der Waals surface area contributed by atoms with Crippen LogP contribution >= 0.6 is 0 Å². The lowest BCUT2D eigenvalue weighted by Gasteiger charge is -2.12. The van der Waals surface area contributed by atoms with E-state index in [0.29, 0.717) is 0 Å². The number of primary amides is 2. The second-order valence-corrected chi connectivity index (χ2v) is 3.30. The normalized spacial score (nSPS) is 11.9. The van der Waals surface area contributed by atoms with Crippen molar-refractivity contribution in [2.45, 2.75) is 6.04 Å².